The van der Waals surface area contributed by atoms with Gasteiger partial charge in [-0.1, -0.05) is 6.92 Å². The van der Waals surface area contributed by atoms with Gasteiger partial charge >= 0.3 is 0 Å². The Morgan fingerprint density at radius 3 is 2.82 bits per heavy atom. The number of nitrogens with zero attached hydrogens (tertiary/aromatic N) is 3. The van der Waals surface area contributed by atoms with Crippen molar-refractivity contribution in [3.63, 3.8) is 0 Å². The van der Waals surface area contributed by atoms with Crippen LogP contribution in [0, 0.1) is 6.92 Å². The van der Waals surface area contributed by atoms with Gasteiger partial charge in [0.15, 0.2) is 0 Å². The third-order valence-corrected chi connectivity index (χ3v) is 2.58. The van der Waals surface area contributed by atoms with Crippen molar-refractivity contribution in [2.45, 2.75) is 26.4 Å². The highest BCUT2D eigenvalue weighted by Gasteiger charge is 2.11. The zero-order valence-corrected chi connectivity index (χ0v) is 11.0. The molecule has 0 fully saturated rings. The van der Waals surface area contributed by atoms with Gasteiger partial charge in [-0.3, -0.25) is 0 Å². The Morgan fingerprint density at radius 1 is 1.53 bits per heavy atom. The minimum absolute atomic E-state index is 0.316. The van der Waals surface area contributed by atoms with E-state index in [9.17, 15) is 5.11 Å². The number of anilines is 1. The standard InChI is InChI=1S/C12H21N3O2/c1-5-11-9(2)6-13-12(14-11)15(3)7-10(16)8-17-4/h6,10,16H,5,7-8H2,1-4H3. The fourth-order valence-corrected chi connectivity index (χ4v) is 1.65. The van der Waals surface area contributed by atoms with Gasteiger partial charge in [-0.15, -0.1) is 0 Å². The van der Waals surface area contributed by atoms with Gasteiger partial charge in [-0.2, -0.15) is 0 Å². The zero-order chi connectivity index (χ0) is 12.8. The second-order valence-corrected chi connectivity index (χ2v) is 4.14. The normalized spacial score (nSPS) is 12.5. The van der Waals surface area contributed by atoms with E-state index in [1.807, 2.05) is 25.1 Å². The van der Waals surface area contributed by atoms with Gasteiger partial charge in [0, 0.05) is 32.6 Å². The zero-order valence-electron chi connectivity index (χ0n) is 11.0. The second kappa shape index (κ2) is 6.51. The summed E-state index contributed by atoms with van der Waals surface area (Å²) in [4.78, 5) is 10.6. The van der Waals surface area contributed by atoms with Crippen molar-refractivity contribution in [3.05, 3.63) is 17.5 Å². The first-order valence-corrected chi connectivity index (χ1v) is 5.79. The van der Waals surface area contributed by atoms with Crippen LogP contribution >= 0.6 is 0 Å². The van der Waals surface area contributed by atoms with Gasteiger partial charge < -0.3 is 14.7 Å². The number of aromatic nitrogens is 2. The van der Waals surface area contributed by atoms with E-state index >= 15 is 0 Å². The van der Waals surface area contributed by atoms with Crippen LogP contribution in [0.5, 0.6) is 0 Å². The Balaban J connectivity index is 2.71. The van der Waals surface area contributed by atoms with Crippen LogP contribution in [0.4, 0.5) is 5.95 Å². The van der Waals surface area contributed by atoms with E-state index in [2.05, 4.69) is 16.9 Å². The van der Waals surface area contributed by atoms with E-state index in [4.69, 9.17) is 4.74 Å². The molecule has 0 saturated heterocycles. The van der Waals surface area contributed by atoms with E-state index in [0.29, 0.717) is 19.1 Å². The second-order valence-electron chi connectivity index (χ2n) is 4.14. The van der Waals surface area contributed by atoms with E-state index in [1.165, 1.54) is 0 Å². The predicted octanol–water partition coefficient (Wildman–Crippen LogP) is 0.791. The Labute approximate surface area is 102 Å². The highest BCUT2D eigenvalue weighted by Crippen LogP contribution is 2.10. The first-order valence-electron chi connectivity index (χ1n) is 5.79. The first-order chi connectivity index (χ1) is 8.08. The summed E-state index contributed by atoms with van der Waals surface area (Å²) in [5, 5.41) is 9.64. The minimum Gasteiger partial charge on any atom is -0.389 e. The predicted molar refractivity (Wildman–Crippen MR) is 67.3 cm³/mol. The molecule has 5 heteroatoms. The lowest BCUT2D eigenvalue weighted by Gasteiger charge is -2.21. The van der Waals surface area contributed by atoms with Crippen LogP contribution in [0.3, 0.4) is 0 Å². The molecule has 1 aromatic rings. The highest BCUT2D eigenvalue weighted by atomic mass is 16.5. The topological polar surface area (TPSA) is 58.5 Å². The molecule has 0 bridgehead atoms. The average Bonchev–Trinajstić information content (AvgIpc) is 2.29. The van der Waals surface area contributed by atoms with Crippen LogP contribution in [0.2, 0.25) is 0 Å². The molecule has 1 atom stereocenters. The maximum Gasteiger partial charge on any atom is 0.225 e. The quantitative estimate of drug-likeness (QED) is 0.795. The maximum absolute atomic E-state index is 9.64. The third kappa shape index (κ3) is 3.94. The summed E-state index contributed by atoms with van der Waals surface area (Å²) in [6.45, 7) is 4.85. The smallest absolute Gasteiger partial charge is 0.225 e. The van der Waals surface area contributed by atoms with Crippen LogP contribution in [0.25, 0.3) is 0 Å². The lowest BCUT2D eigenvalue weighted by molar-refractivity contribution is 0.0693. The number of ether oxygens (including phenoxy) is 1. The molecule has 0 spiro atoms. The van der Waals surface area contributed by atoms with Crippen molar-refractivity contribution in [2.75, 3.05) is 32.2 Å². The van der Waals surface area contributed by atoms with Crippen molar-refractivity contribution in [3.8, 4) is 0 Å². The number of rotatable bonds is 6. The molecule has 0 amide bonds. The van der Waals surface area contributed by atoms with E-state index in [1.54, 1.807) is 7.11 Å². The Kier molecular flexibility index (Phi) is 5.31. The van der Waals surface area contributed by atoms with Gasteiger partial charge in [0.2, 0.25) is 5.95 Å². The van der Waals surface area contributed by atoms with Gasteiger partial charge in [-0.05, 0) is 18.9 Å². The van der Waals surface area contributed by atoms with Crippen LogP contribution in [0.15, 0.2) is 6.20 Å². The third-order valence-electron chi connectivity index (χ3n) is 2.58. The number of hydrogen-bond donors (Lipinski definition) is 1. The lowest BCUT2D eigenvalue weighted by Crippen LogP contribution is -2.33. The highest BCUT2D eigenvalue weighted by molar-refractivity contribution is 5.32. The molecule has 5 nitrogen and oxygen atoms in total. The minimum atomic E-state index is -0.528. The van der Waals surface area contributed by atoms with Gasteiger partial charge in [0.05, 0.1) is 12.7 Å². The molecule has 0 saturated carbocycles. The molecule has 1 N–H and O–H groups in total. The van der Waals surface area contributed by atoms with Crippen molar-refractivity contribution in [2.24, 2.45) is 0 Å². The molecule has 0 aliphatic carbocycles. The number of hydrogen-bond acceptors (Lipinski definition) is 5. The molecule has 1 rings (SSSR count). The summed E-state index contributed by atoms with van der Waals surface area (Å²) in [7, 11) is 3.43. The summed E-state index contributed by atoms with van der Waals surface area (Å²) >= 11 is 0. The molecule has 0 aliphatic heterocycles. The SMILES string of the molecule is CCc1nc(N(C)CC(O)COC)ncc1C. The summed E-state index contributed by atoms with van der Waals surface area (Å²) in [5.74, 6) is 0.641. The largest absolute Gasteiger partial charge is 0.389 e. The van der Waals surface area contributed by atoms with Crippen molar-refractivity contribution in [1.29, 1.82) is 0 Å². The number of aliphatic hydroxyl groups excluding tert-OH is 1. The summed E-state index contributed by atoms with van der Waals surface area (Å²) in [5.41, 5.74) is 2.14. The summed E-state index contributed by atoms with van der Waals surface area (Å²) in [6, 6.07) is 0. The molecule has 17 heavy (non-hydrogen) atoms. The monoisotopic (exact) mass is 239 g/mol. The van der Waals surface area contributed by atoms with Crippen molar-refractivity contribution >= 4 is 5.95 Å². The van der Waals surface area contributed by atoms with Crippen LogP contribution in [-0.2, 0) is 11.2 Å². The van der Waals surface area contributed by atoms with Crippen LogP contribution < -0.4 is 4.90 Å². The van der Waals surface area contributed by atoms with Gasteiger partial charge in [0.25, 0.3) is 0 Å². The molecule has 0 aliphatic rings. The number of likely N-dealkylation sites (N-methyl/N-ethyl adjacent to an activating group) is 1. The molecule has 0 radical (unpaired) electrons. The Morgan fingerprint density at radius 2 is 2.24 bits per heavy atom. The Hall–Kier alpha value is -1.20. The average molecular weight is 239 g/mol. The van der Waals surface area contributed by atoms with Crippen molar-refractivity contribution in [1.82, 2.24) is 9.97 Å². The first kappa shape index (κ1) is 13.9. The molecule has 96 valence electrons. The molecule has 1 aromatic heterocycles. The van der Waals surface area contributed by atoms with E-state index in [0.717, 1.165) is 17.7 Å². The number of aryl methyl sites for hydroxylation is 2. The van der Waals surface area contributed by atoms with E-state index in [-0.39, 0.29) is 0 Å². The fraction of sp³-hybridized carbons (Fsp3) is 0.667. The molecule has 1 heterocycles. The van der Waals surface area contributed by atoms with Crippen molar-refractivity contribution < 1.29 is 9.84 Å². The summed E-state index contributed by atoms with van der Waals surface area (Å²) < 4.78 is 4.89. The number of aliphatic hydroxyl groups is 1. The lowest BCUT2D eigenvalue weighted by atomic mass is 10.2. The number of methoxy groups -OCH3 is 1. The molecular weight excluding hydrogens is 218 g/mol. The maximum atomic E-state index is 9.64. The summed E-state index contributed by atoms with van der Waals surface area (Å²) in [6.07, 6.45) is 2.18. The molecular formula is C12H21N3O2. The molecule has 1 unspecified atom stereocenters. The van der Waals surface area contributed by atoms with Gasteiger partial charge in [0.1, 0.15) is 0 Å². The van der Waals surface area contributed by atoms with Crippen LogP contribution in [-0.4, -0.2) is 48.5 Å². The van der Waals surface area contributed by atoms with E-state index < -0.39 is 6.10 Å². The van der Waals surface area contributed by atoms with Crippen LogP contribution in [0.1, 0.15) is 18.2 Å². The Bertz CT molecular complexity index is 358. The fourth-order valence-electron chi connectivity index (χ4n) is 1.65. The van der Waals surface area contributed by atoms with Gasteiger partial charge in [-0.25, -0.2) is 9.97 Å². The molecule has 0 aromatic carbocycles.